The van der Waals surface area contributed by atoms with E-state index in [-0.39, 0.29) is 23.5 Å². The van der Waals surface area contributed by atoms with Crippen LogP contribution < -0.4 is 19.1 Å². The number of ether oxygens (including phenoxy) is 3. The van der Waals surface area contributed by atoms with Gasteiger partial charge in [0.1, 0.15) is 12.3 Å². The van der Waals surface area contributed by atoms with E-state index in [2.05, 4.69) is 15.0 Å². The first-order chi connectivity index (χ1) is 10.7. The SMILES string of the molecule is COc1cc(OC)nc(C(=O)N2CCOc3ncccc32)n1. The van der Waals surface area contributed by atoms with Gasteiger partial charge in [-0.25, -0.2) is 4.98 Å². The van der Waals surface area contributed by atoms with Gasteiger partial charge in [-0.3, -0.25) is 9.69 Å². The van der Waals surface area contributed by atoms with Crippen molar-refractivity contribution in [2.75, 3.05) is 32.3 Å². The Kier molecular flexibility index (Phi) is 3.73. The molecule has 0 unspecified atom stereocenters. The van der Waals surface area contributed by atoms with Crippen LogP contribution in [-0.4, -0.2) is 48.2 Å². The number of anilines is 1. The Balaban J connectivity index is 1.98. The Bertz CT molecular complexity index is 685. The molecule has 0 saturated heterocycles. The molecule has 1 amide bonds. The van der Waals surface area contributed by atoms with Crippen LogP contribution in [0.25, 0.3) is 0 Å². The van der Waals surface area contributed by atoms with Crippen molar-refractivity contribution in [3.8, 4) is 17.6 Å². The highest BCUT2D eigenvalue weighted by molar-refractivity contribution is 6.04. The minimum absolute atomic E-state index is 0.00657. The molecule has 0 bridgehead atoms. The minimum Gasteiger partial charge on any atom is -0.481 e. The lowest BCUT2D eigenvalue weighted by Gasteiger charge is -2.27. The highest BCUT2D eigenvalue weighted by Crippen LogP contribution is 2.29. The lowest BCUT2D eigenvalue weighted by molar-refractivity contribution is 0.0963. The number of carbonyl (C=O) groups is 1. The van der Waals surface area contributed by atoms with Crippen molar-refractivity contribution in [3.05, 3.63) is 30.2 Å². The first-order valence-electron chi connectivity index (χ1n) is 6.59. The van der Waals surface area contributed by atoms with E-state index in [1.54, 1.807) is 18.3 Å². The van der Waals surface area contributed by atoms with Gasteiger partial charge in [-0.2, -0.15) is 9.97 Å². The molecule has 1 aliphatic heterocycles. The number of fused-ring (bicyclic) bond motifs is 1. The van der Waals surface area contributed by atoms with E-state index in [0.29, 0.717) is 24.7 Å². The van der Waals surface area contributed by atoms with Crippen LogP contribution in [0.15, 0.2) is 24.4 Å². The molecule has 114 valence electrons. The molecule has 0 spiro atoms. The average molecular weight is 302 g/mol. The summed E-state index contributed by atoms with van der Waals surface area (Å²) >= 11 is 0. The van der Waals surface area contributed by atoms with E-state index in [4.69, 9.17) is 14.2 Å². The van der Waals surface area contributed by atoms with Crippen LogP contribution >= 0.6 is 0 Å². The molecular formula is C14H14N4O4. The number of rotatable bonds is 3. The third kappa shape index (κ3) is 2.50. The maximum Gasteiger partial charge on any atom is 0.296 e. The molecule has 0 fully saturated rings. The van der Waals surface area contributed by atoms with Gasteiger partial charge in [0.2, 0.25) is 23.5 Å². The summed E-state index contributed by atoms with van der Waals surface area (Å²) in [6, 6.07) is 5.00. The van der Waals surface area contributed by atoms with Crippen molar-refractivity contribution in [2.45, 2.75) is 0 Å². The number of aromatic nitrogens is 3. The summed E-state index contributed by atoms with van der Waals surface area (Å²) in [7, 11) is 2.92. The van der Waals surface area contributed by atoms with Gasteiger partial charge in [-0.15, -0.1) is 0 Å². The number of amides is 1. The third-order valence-corrected chi connectivity index (χ3v) is 3.13. The fraction of sp³-hybridized carbons (Fsp3) is 0.286. The number of pyridine rings is 1. The fourth-order valence-electron chi connectivity index (χ4n) is 2.09. The van der Waals surface area contributed by atoms with Crippen LogP contribution in [0.3, 0.4) is 0 Å². The van der Waals surface area contributed by atoms with E-state index in [0.717, 1.165) is 0 Å². The first-order valence-corrected chi connectivity index (χ1v) is 6.59. The Labute approximate surface area is 126 Å². The monoisotopic (exact) mass is 302 g/mol. The molecule has 0 aromatic carbocycles. The summed E-state index contributed by atoms with van der Waals surface area (Å²) in [4.78, 5) is 26.5. The topological polar surface area (TPSA) is 86.7 Å². The number of hydrogen-bond donors (Lipinski definition) is 0. The zero-order chi connectivity index (χ0) is 15.5. The number of carbonyl (C=O) groups excluding carboxylic acids is 1. The van der Waals surface area contributed by atoms with Gasteiger partial charge < -0.3 is 14.2 Å². The van der Waals surface area contributed by atoms with Crippen LogP contribution in [0.4, 0.5) is 5.69 Å². The Morgan fingerprint density at radius 2 is 2.00 bits per heavy atom. The third-order valence-electron chi connectivity index (χ3n) is 3.13. The molecule has 8 nitrogen and oxygen atoms in total. The first kappa shape index (κ1) is 14.1. The smallest absolute Gasteiger partial charge is 0.296 e. The molecule has 2 aromatic rings. The Morgan fingerprint density at radius 1 is 1.27 bits per heavy atom. The van der Waals surface area contributed by atoms with Gasteiger partial charge >= 0.3 is 0 Å². The average Bonchev–Trinajstić information content (AvgIpc) is 2.60. The van der Waals surface area contributed by atoms with Gasteiger partial charge in [0.05, 0.1) is 26.8 Å². The predicted octanol–water partition coefficient (Wildman–Crippen LogP) is 0.928. The predicted molar refractivity (Wildman–Crippen MR) is 76.5 cm³/mol. The Hall–Kier alpha value is -2.90. The van der Waals surface area contributed by atoms with Crippen molar-refractivity contribution in [1.29, 1.82) is 0 Å². The van der Waals surface area contributed by atoms with Crippen LogP contribution in [0.2, 0.25) is 0 Å². The second-order valence-corrected chi connectivity index (χ2v) is 4.41. The number of methoxy groups -OCH3 is 2. The lowest BCUT2D eigenvalue weighted by Crippen LogP contribution is -2.39. The van der Waals surface area contributed by atoms with Gasteiger partial charge in [-0.1, -0.05) is 0 Å². The van der Waals surface area contributed by atoms with Gasteiger partial charge in [0.25, 0.3) is 5.91 Å². The van der Waals surface area contributed by atoms with Gasteiger partial charge in [-0.05, 0) is 12.1 Å². The van der Waals surface area contributed by atoms with Gasteiger partial charge in [0, 0.05) is 6.20 Å². The minimum atomic E-state index is -0.366. The maximum absolute atomic E-state index is 12.7. The van der Waals surface area contributed by atoms with E-state index in [1.807, 2.05) is 0 Å². The second-order valence-electron chi connectivity index (χ2n) is 4.41. The molecule has 3 rings (SSSR count). The van der Waals surface area contributed by atoms with Crippen LogP contribution in [0, 0.1) is 0 Å². The van der Waals surface area contributed by atoms with Crippen LogP contribution in [-0.2, 0) is 0 Å². The summed E-state index contributed by atoms with van der Waals surface area (Å²) < 4.78 is 15.6. The highest BCUT2D eigenvalue weighted by atomic mass is 16.5. The zero-order valence-corrected chi connectivity index (χ0v) is 12.1. The molecule has 0 aliphatic carbocycles. The lowest BCUT2D eigenvalue weighted by atomic mass is 10.3. The maximum atomic E-state index is 12.7. The largest absolute Gasteiger partial charge is 0.481 e. The van der Waals surface area contributed by atoms with Crippen molar-refractivity contribution in [1.82, 2.24) is 15.0 Å². The molecule has 0 N–H and O–H groups in total. The Morgan fingerprint density at radius 3 is 2.68 bits per heavy atom. The fourth-order valence-corrected chi connectivity index (χ4v) is 2.09. The molecule has 8 heteroatoms. The summed E-state index contributed by atoms with van der Waals surface area (Å²) in [5.74, 6) is 0.560. The van der Waals surface area contributed by atoms with E-state index < -0.39 is 0 Å². The molecule has 1 aliphatic rings. The molecule has 22 heavy (non-hydrogen) atoms. The standard InChI is InChI=1S/C14H14N4O4/c1-20-10-8-11(21-2)17-12(16-10)14(19)18-6-7-22-13-9(18)4-3-5-15-13/h3-5,8H,6-7H2,1-2H3. The molecular weight excluding hydrogens is 288 g/mol. The molecule has 0 atom stereocenters. The van der Waals surface area contributed by atoms with E-state index in [9.17, 15) is 4.79 Å². The highest BCUT2D eigenvalue weighted by Gasteiger charge is 2.27. The molecule has 0 radical (unpaired) electrons. The van der Waals surface area contributed by atoms with Crippen LogP contribution in [0.1, 0.15) is 10.6 Å². The van der Waals surface area contributed by atoms with E-state index in [1.165, 1.54) is 25.2 Å². The zero-order valence-electron chi connectivity index (χ0n) is 12.1. The number of nitrogens with zero attached hydrogens (tertiary/aromatic N) is 4. The number of hydrogen-bond acceptors (Lipinski definition) is 7. The molecule has 2 aromatic heterocycles. The van der Waals surface area contributed by atoms with Crippen molar-refractivity contribution in [3.63, 3.8) is 0 Å². The molecule has 0 saturated carbocycles. The molecule has 3 heterocycles. The second kappa shape index (κ2) is 5.84. The summed E-state index contributed by atoms with van der Waals surface area (Å²) in [5, 5.41) is 0. The van der Waals surface area contributed by atoms with Crippen molar-refractivity contribution >= 4 is 11.6 Å². The normalized spacial score (nSPS) is 13.1. The van der Waals surface area contributed by atoms with Crippen molar-refractivity contribution in [2.24, 2.45) is 0 Å². The quantitative estimate of drug-likeness (QED) is 0.833. The van der Waals surface area contributed by atoms with Crippen LogP contribution in [0.5, 0.6) is 17.6 Å². The summed E-state index contributed by atoms with van der Waals surface area (Å²) in [5.41, 5.74) is 0.587. The van der Waals surface area contributed by atoms with E-state index >= 15 is 0 Å². The summed E-state index contributed by atoms with van der Waals surface area (Å²) in [6.45, 7) is 0.747. The summed E-state index contributed by atoms with van der Waals surface area (Å²) in [6.07, 6.45) is 1.61. The van der Waals surface area contributed by atoms with Gasteiger partial charge in [0.15, 0.2) is 0 Å². The van der Waals surface area contributed by atoms with Crippen molar-refractivity contribution < 1.29 is 19.0 Å².